The molecule has 0 fully saturated rings. The zero-order valence-corrected chi connectivity index (χ0v) is 11.3. The molecular formula is C16H13FN2O2. The summed E-state index contributed by atoms with van der Waals surface area (Å²) in [5.74, 6) is -0.590. The molecule has 106 valence electrons. The molecule has 0 amide bonds. The summed E-state index contributed by atoms with van der Waals surface area (Å²) in [4.78, 5) is 17.6. The highest BCUT2D eigenvalue weighted by Gasteiger charge is 2.26. The van der Waals surface area contributed by atoms with E-state index < -0.39 is 0 Å². The zero-order chi connectivity index (χ0) is 14.4. The molecule has 4 nitrogen and oxygen atoms in total. The molecule has 2 aromatic rings. The van der Waals surface area contributed by atoms with Crippen molar-refractivity contribution < 1.29 is 13.9 Å². The lowest BCUT2D eigenvalue weighted by atomic mass is 9.94. The van der Waals surface area contributed by atoms with E-state index in [9.17, 15) is 9.18 Å². The van der Waals surface area contributed by atoms with Crippen molar-refractivity contribution in [3.63, 3.8) is 0 Å². The summed E-state index contributed by atoms with van der Waals surface area (Å²) in [6.45, 7) is 1.84. The van der Waals surface area contributed by atoms with Gasteiger partial charge in [-0.05, 0) is 23.6 Å². The SMILES string of the molecule is O=C1OCc2cc3c(cc21)CN(c1cncc(F)c1)CC3. The number of carbonyl (C=O) groups excluding carboxylic acids is 1. The first kappa shape index (κ1) is 12.3. The summed E-state index contributed by atoms with van der Waals surface area (Å²) in [5.41, 5.74) is 4.74. The van der Waals surface area contributed by atoms with Gasteiger partial charge in [0, 0.05) is 24.7 Å². The van der Waals surface area contributed by atoms with E-state index in [1.165, 1.54) is 17.8 Å². The van der Waals surface area contributed by atoms with Gasteiger partial charge in [-0.3, -0.25) is 4.98 Å². The van der Waals surface area contributed by atoms with Crippen LogP contribution in [0.15, 0.2) is 30.6 Å². The molecule has 0 aliphatic carbocycles. The topological polar surface area (TPSA) is 42.4 Å². The Morgan fingerprint density at radius 2 is 2.05 bits per heavy atom. The van der Waals surface area contributed by atoms with E-state index in [0.717, 1.165) is 29.8 Å². The Hall–Kier alpha value is -2.43. The molecule has 21 heavy (non-hydrogen) atoms. The van der Waals surface area contributed by atoms with Crippen LogP contribution in [0.1, 0.15) is 27.0 Å². The van der Waals surface area contributed by atoms with Crippen LogP contribution < -0.4 is 4.90 Å². The predicted octanol–water partition coefficient (Wildman–Crippen LogP) is 2.45. The van der Waals surface area contributed by atoms with Crippen molar-refractivity contribution in [1.29, 1.82) is 0 Å². The molecule has 0 radical (unpaired) electrons. The summed E-state index contributed by atoms with van der Waals surface area (Å²) >= 11 is 0. The second-order valence-electron chi connectivity index (χ2n) is 5.39. The summed E-state index contributed by atoms with van der Waals surface area (Å²) < 4.78 is 18.4. The highest BCUT2D eigenvalue weighted by atomic mass is 19.1. The third-order valence-corrected chi connectivity index (χ3v) is 4.07. The fraction of sp³-hybridized carbons (Fsp3) is 0.250. The molecule has 3 heterocycles. The first-order valence-electron chi connectivity index (χ1n) is 6.88. The quantitative estimate of drug-likeness (QED) is 0.754. The third kappa shape index (κ3) is 2.05. The number of halogens is 1. The monoisotopic (exact) mass is 284 g/mol. The Kier molecular flexibility index (Phi) is 2.67. The van der Waals surface area contributed by atoms with E-state index in [4.69, 9.17) is 4.74 Å². The van der Waals surface area contributed by atoms with Gasteiger partial charge in [-0.1, -0.05) is 6.07 Å². The molecular weight excluding hydrogens is 271 g/mol. The maximum Gasteiger partial charge on any atom is 0.338 e. The van der Waals surface area contributed by atoms with Crippen LogP contribution in [0.2, 0.25) is 0 Å². The molecule has 0 N–H and O–H groups in total. The molecule has 1 aromatic carbocycles. The first-order valence-corrected chi connectivity index (χ1v) is 6.88. The number of benzene rings is 1. The number of anilines is 1. The van der Waals surface area contributed by atoms with Crippen molar-refractivity contribution in [2.45, 2.75) is 19.6 Å². The van der Waals surface area contributed by atoms with Crippen LogP contribution in [0.4, 0.5) is 10.1 Å². The van der Waals surface area contributed by atoms with Crippen LogP contribution in [0.3, 0.4) is 0 Å². The Morgan fingerprint density at radius 1 is 1.14 bits per heavy atom. The van der Waals surface area contributed by atoms with Crippen LogP contribution in [0.5, 0.6) is 0 Å². The first-order chi connectivity index (χ1) is 10.2. The number of ether oxygens (including phenoxy) is 1. The Balaban J connectivity index is 1.69. The highest BCUT2D eigenvalue weighted by Crippen LogP contribution is 2.29. The molecule has 0 bridgehead atoms. The fourth-order valence-electron chi connectivity index (χ4n) is 2.98. The van der Waals surface area contributed by atoms with Gasteiger partial charge in [0.15, 0.2) is 0 Å². The van der Waals surface area contributed by atoms with Crippen molar-refractivity contribution in [2.75, 3.05) is 11.4 Å². The van der Waals surface area contributed by atoms with Gasteiger partial charge in [-0.25, -0.2) is 9.18 Å². The molecule has 1 aromatic heterocycles. The average molecular weight is 284 g/mol. The molecule has 2 aliphatic heterocycles. The molecule has 0 atom stereocenters. The molecule has 5 heteroatoms. The molecule has 0 spiro atoms. The number of esters is 1. The lowest BCUT2D eigenvalue weighted by Gasteiger charge is -2.30. The van der Waals surface area contributed by atoms with E-state index in [0.29, 0.717) is 18.7 Å². The van der Waals surface area contributed by atoms with Crippen LogP contribution in [0, 0.1) is 5.82 Å². The smallest absolute Gasteiger partial charge is 0.338 e. The second-order valence-corrected chi connectivity index (χ2v) is 5.39. The molecule has 0 unspecified atom stereocenters. The van der Waals surface area contributed by atoms with E-state index in [1.807, 2.05) is 6.07 Å². The normalized spacial score (nSPS) is 16.4. The van der Waals surface area contributed by atoms with Crippen LogP contribution in [-0.4, -0.2) is 17.5 Å². The van der Waals surface area contributed by atoms with Gasteiger partial charge in [0.25, 0.3) is 0 Å². The minimum absolute atomic E-state index is 0.252. The van der Waals surface area contributed by atoms with Gasteiger partial charge in [0.1, 0.15) is 12.4 Å². The second kappa shape index (κ2) is 4.55. The van der Waals surface area contributed by atoms with Crippen molar-refractivity contribution in [3.05, 3.63) is 58.7 Å². The van der Waals surface area contributed by atoms with Gasteiger partial charge in [0.2, 0.25) is 0 Å². The predicted molar refractivity (Wildman–Crippen MR) is 74.5 cm³/mol. The van der Waals surface area contributed by atoms with E-state index in [1.54, 1.807) is 6.20 Å². The minimum atomic E-state index is -0.337. The number of pyridine rings is 1. The van der Waals surface area contributed by atoms with Gasteiger partial charge in [-0.15, -0.1) is 0 Å². The number of fused-ring (bicyclic) bond motifs is 2. The maximum atomic E-state index is 13.3. The largest absolute Gasteiger partial charge is 0.457 e. The molecule has 4 rings (SSSR count). The van der Waals surface area contributed by atoms with Crippen molar-refractivity contribution >= 4 is 11.7 Å². The van der Waals surface area contributed by atoms with Crippen molar-refractivity contribution in [2.24, 2.45) is 0 Å². The van der Waals surface area contributed by atoms with E-state index in [-0.39, 0.29) is 11.8 Å². The van der Waals surface area contributed by atoms with Gasteiger partial charge in [-0.2, -0.15) is 0 Å². The van der Waals surface area contributed by atoms with Gasteiger partial charge < -0.3 is 9.64 Å². The van der Waals surface area contributed by atoms with Crippen LogP contribution >= 0.6 is 0 Å². The van der Waals surface area contributed by atoms with Gasteiger partial charge >= 0.3 is 5.97 Å². The minimum Gasteiger partial charge on any atom is -0.457 e. The number of rotatable bonds is 1. The fourth-order valence-corrected chi connectivity index (χ4v) is 2.98. The number of hydrogen-bond donors (Lipinski definition) is 0. The highest BCUT2D eigenvalue weighted by molar-refractivity contribution is 5.93. The third-order valence-electron chi connectivity index (χ3n) is 4.07. The summed E-state index contributed by atoms with van der Waals surface area (Å²) in [7, 11) is 0. The van der Waals surface area contributed by atoms with E-state index >= 15 is 0 Å². The number of carbonyl (C=O) groups is 1. The Labute approximate surface area is 121 Å². The zero-order valence-electron chi connectivity index (χ0n) is 11.3. The number of nitrogens with zero attached hydrogens (tertiary/aromatic N) is 2. The Bertz CT molecular complexity index is 745. The molecule has 2 aliphatic rings. The number of hydrogen-bond acceptors (Lipinski definition) is 4. The maximum absolute atomic E-state index is 13.3. The average Bonchev–Trinajstić information content (AvgIpc) is 2.85. The lowest BCUT2D eigenvalue weighted by Crippen LogP contribution is -2.30. The summed E-state index contributed by atoms with van der Waals surface area (Å²) in [6, 6.07) is 5.47. The summed E-state index contributed by atoms with van der Waals surface area (Å²) in [6.07, 6.45) is 3.73. The summed E-state index contributed by atoms with van der Waals surface area (Å²) in [5, 5.41) is 0. The molecule has 0 saturated carbocycles. The lowest BCUT2D eigenvalue weighted by molar-refractivity contribution is 0.0535. The van der Waals surface area contributed by atoms with Crippen molar-refractivity contribution in [1.82, 2.24) is 4.98 Å². The number of cyclic esters (lactones) is 1. The number of aromatic nitrogens is 1. The Morgan fingerprint density at radius 3 is 2.90 bits per heavy atom. The van der Waals surface area contributed by atoms with Gasteiger partial charge in [0.05, 0.1) is 23.6 Å². The van der Waals surface area contributed by atoms with Crippen LogP contribution in [0.25, 0.3) is 0 Å². The van der Waals surface area contributed by atoms with E-state index in [2.05, 4.69) is 16.0 Å². The van der Waals surface area contributed by atoms with Crippen molar-refractivity contribution in [3.8, 4) is 0 Å². The molecule has 0 saturated heterocycles. The van der Waals surface area contributed by atoms with Crippen LogP contribution in [-0.2, 0) is 24.3 Å². The standard InChI is InChI=1S/C16H13FN2O2/c17-13-5-14(7-18-6-13)19-2-1-10-3-12-9-21-16(20)15(12)4-11(10)8-19/h3-7H,1-2,8-9H2.